The summed E-state index contributed by atoms with van der Waals surface area (Å²) in [6.07, 6.45) is 0. The van der Waals surface area contributed by atoms with E-state index in [0.717, 1.165) is 0 Å². The van der Waals surface area contributed by atoms with Crippen molar-refractivity contribution in [2.75, 3.05) is 0 Å². The van der Waals surface area contributed by atoms with Crippen LogP contribution in [-0.2, 0) is 10.8 Å². The number of rotatable bonds is 0. The molecule has 0 saturated carbocycles. The maximum atomic E-state index is 2.68. The molecule has 0 fully saturated rings. The van der Waals surface area contributed by atoms with E-state index in [-0.39, 0.29) is 17.5 Å². The molecule has 0 atom stereocenters. The van der Waals surface area contributed by atoms with Gasteiger partial charge < -0.3 is 9.13 Å². The largest absolute Gasteiger partial charge is 0.310 e. The SMILES string of the molecule is CC(C)(C)c1ccc2c(c1)c1cc(C(C)(C)C)cc3c1n2-c1cccc2c1B3c1c3c4ccccc4c4ccccc4c3cc3c4cc5c6ccccc6c6ccccc6c5cc4n-2c13. The molecule has 13 aromatic rings. The molecule has 11 aromatic carbocycles. The summed E-state index contributed by atoms with van der Waals surface area (Å²) in [5.74, 6) is 0. The molecule has 15 rings (SSSR count). The third-order valence-electron chi connectivity index (χ3n) is 15.7. The van der Waals surface area contributed by atoms with E-state index in [1.165, 1.54) is 147 Å². The topological polar surface area (TPSA) is 9.86 Å². The van der Waals surface area contributed by atoms with Crippen LogP contribution in [0.1, 0.15) is 52.7 Å². The molecule has 4 heterocycles. The van der Waals surface area contributed by atoms with Crippen LogP contribution in [0.3, 0.4) is 0 Å². The third kappa shape index (κ3) is 4.42. The summed E-state index contributed by atoms with van der Waals surface area (Å²) in [5, 5.41) is 21.1. The lowest BCUT2D eigenvalue weighted by atomic mass is 9.33. The molecule has 0 radical (unpaired) electrons. The molecule has 0 N–H and O–H groups in total. The van der Waals surface area contributed by atoms with Gasteiger partial charge in [0.25, 0.3) is 6.71 Å². The van der Waals surface area contributed by atoms with Crippen molar-refractivity contribution in [1.82, 2.24) is 9.13 Å². The van der Waals surface area contributed by atoms with Crippen LogP contribution in [0.15, 0.2) is 164 Å². The van der Waals surface area contributed by atoms with E-state index in [0.29, 0.717) is 0 Å². The molecule has 2 aliphatic rings. The van der Waals surface area contributed by atoms with Crippen molar-refractivity contribution in [2.24, 2.45) is 0 Å². The lowest BCUT2D eigenvalue weighted by molar-refractivity contribution is 0.590. The normalized spacial score (nSPS) is 13.7. The van der Waals surface area contributed by atoms with E-state index in [4.69, 9.17) is 0 Å². The van der Waals surface area contributed by atoms with Crippen LogP contribution in [-0.4, -0.2) is 15.8 Å². The van der Waals surface area contributed by atoms with Gasteiger partial charge in [-0.05, 0) is 152 Å². The lowest BCUT2D eigenvalue weighted by Gasteiger charge is -2.35. The van der Waals surface area contributed by atoms with E-state index in [9.17, 15) is 0 Å². The second-order valence-corrected chi connectivity index (χ2v) is 21.2. The van der Waals surface area contributed by atoms with Gasteiger partial charge in [0.1, 0.15) is 0 Å². The standard InChI is InChI=1S/C62H45BN2/c1-61(2,3)34-26-27-52-46(28-34)49-29-35(62(4,5)6)30-51-59(49)64(52)53-24-15-25-54-57(53)63(51)58-56-43-23-14-13-19-39(43)38-18-9-12-22-42(38)48(56)32-50-47-31-44-40-20-10-7-16-36(40)37-17-8-11-21-41(37)45(44)33-55(47)65(54)60(50)58/h7-33H,1-6H3. The smallest absolute Gasteiger partial charge is 0.253 e. The molecule has 0 spiro atoms. The predicted molar refractivity (Wildman–Crippen MR) is 282 cm³/mol. The molecule has 2 aromatic heterocycles. The molecule has 0 bridgehead atoms. The second-order valence-electron chi connectivity index (χ2n) is 21.2. The number of hydrogen-bond donors (Lipinski definition) is 0. The van der Waals surface area contributed by atoms with Gasteiger partial charge in [-0.3, -0.25) is 0 Å². The Labute approximate surface area is 377 Å². The molecule has 65 heavy (non-hydrogen) atoms. The first kappa shape index (κ1) is 36.0. The summed E-state index contributed by atoms with van der Waals surface area (Å²) >= 11 is 0. The van der Waals surface area contributed by atoms with E-state index in [1.54, 1.807) is 0 Å². The quantitative estimate of drug-likeness (QED) is 0.106. The number of fused-ring (bicyclic) bond motifs is 23. The maximum Gasteiger partial charge on any atom is 0.253 e. The van der Waals surface area contributed by atoms with Gasteiger partial charge in [-0.1, -0.05) is 157 Å². The molecular weight excluding hydrogens is 784 g/mol. The number of hydrogen-bond acceptors (Lipinski definition) is 0. The van der Waals surface area contributed by atoms with E-state index >= 15 is 0 Å². The lowest BCUT2D eigenvalue weighted by Crippen LogP contribution is -2.59. The molecule has 2 nitrogen and oxygen atoms in total. The van der Waals surface area contributed by atoms with Crippen LogP contribution in [0.4, 0.5) is 0 Å². The van der Waals surface area contributed by atoms with Crippen LogP contribution in [0.2, 0.25) is 0 Å². The van der Waals surface area contributed by atoms with Gasteiger partial charge in [0.05, 0.1) is 16.6 Å². The Balaban J connectivity index is 1.23. The van der Waals surface area contributed by atoms with Crippen molar-refractivity contribution in [3.05, 3.63) is 175 Å². The van der Waals surface area contributed by atoms with Crippen molar-refractivity contribution >= 4 is 131 Å². The van der Waals surface area contributed by atoms with Crippen LogP contribution >= 0.6 is 0 Å². The monoisotopic (exact) mass is 828 g/mol. The minimum absolute atomic E-state index is 0.00597. The van der Waals surface area contributed by atoms with Crippen molar-refractivity contribution in [2.45, 2.75) is 52.4 Å². The Bertz CT molecular complexity index is 4370. The first-order chi connectivity index (χ1) is 31.5. The molecular formula is C62H45BN2. The highest BCUT2D eigenvalue weighted by Crippen LogP contribution is 2.47. The zero-order valence-electron chi connectivity index (χ0n) is 37.6. The Kier molecular flexibility index (Phi) is 6.57. The van der Waals surface area contributed by atoms with Crippen molar-refractivity contribution in [3.63, 3.8) is 0 Å². The highest BCUT2D eigenvalue weighted by atomic mass is 15.0. The van der Waals surface area contributed by atoms with Gasteiger partial charge in [0.2, 0.25) is 0 Å². The van der Waals surface area contributed by atoms with Crippen molar-refractivity contribution in [1.29, 1.82) is 0 Å². The minimum Gasteiger partial charge on any atom is -0.310 e. The fourth-order valence-electron chi connectivity index (χ4n) is 12.8. The molecule has 0 aliphatic carbocycles. The van der Waals surface area contributed by atoms with Gasteiger partial charge in [-0.15, -0.1) is 0 Å². The fourth-order valence-corrected chi connectivity index (χ4v) is 12.8. The first-order valence-electron chi connectivity index (χ1n) is 23.4. The molecule has 306 valence electrons. The summed E-state index contributed by atoms with van der Waals surface area (Å²) in [7, 11) is 0. The minimum atomic E-state index is -0.0628. The van der Waals surface area contributed by atoms with E-state index < -0.39 is 0 Å². The maximum absolute atomic E-state index is 2.68. The zero-order chi connectivity index (χ0) is 43.4. The average Bonchev–Trinajstić information content (AvgIpc) is 3.83. The summed E-state index contributed by atoms with van der Waals surface area (Å²) in [6, 6.07) is 63.6. The summed E-state index contributed by atoms with van der Waals surface area (Å²) in [5.41, 5.74) is 14.7. The highest BCUT2D eigenvalue weighted by Gasteiger charge is 2.43. The average molecular weight is 829 g/mol. The van der Waals surface area contributed by atoms with Crippen LogP contribution in [0, 0.1) is 0 Å². The molecule has 2 aliphatic heterocycles. The molecule has 0 amide bonds. The van der Waals surface area contributed by atoms with Gasteiger partial charge in [-0.25, -0.2) is 0 Å². The summed E-state index contributed by atoms with van der Waals surface area (Å²) in [4.78, 5) is 0. The van der Waals surface area contributed by atoms with Gasteiger partial charge >= 0.3 is 0 Å². The first-order valence-corrected chi connectivity index (χ1v) is 23.4. The van der Waals surface area contributed by atoms with E-state index in [2.05, 4.69) is 214 Å². The Morgan fingerprint density at radius 2 is 0.785 bits per heavy atom. The van der Waals surface area contributed by atoms with Gasteiger partial charge in [0, 0.05) is 38.4 Å². The highest BCUT2D eigenvalue weighted by molar-refractivity contribution is 7.02. The summed E-state index contributed by atoms with van der Waals surface area (Å²) < 4.78 is 5.32. The van der Waals surface area contributed by atoms with Gasteiger partial charge in [-0.2, -0.15) is 0 Å². The second kappa shape index (κ2) is 11.9. The number of benzene rings is 11. The summed E-state index contributed by atoms with van der Waals surface area (Å²) in [6.45, 7) is 14.2. The fraction of sp³-hybridized carbons (Fsp3) is 0.129. The van der Waals surface area contributed by atoms with E-state index in [1.807, 2.05) is 0 Å². The Morgan fingerprint density at radius 3 is 1.38 bits per heavy atom. The molecule has 0 unspecified atom stereocenters. The zero-order valence-corrected chi connectivity index (χ0v) is 37.6. The van der Waals surface area contributed by atoms with Gasteiger partial charge in [0.15, 0.2) is 0 Å². The Hall–Kier alpha value is -7.36. The molecule has 3 heteroatoms. The van der Waals surface area contributed by atoms with Crippen molar-refractivity contribution in [3.8, 4) is 11.4 Å². The van der Waals surface area contributed by atoms with Crippen LogP contribution in [0.5, 0.6) is 0 Å². The Morgan fingerprint density at radius 1 is 0.323 bits per heavy atom. The van der Waals surface area contributed by atoms with Crippen LogP contribution in [0.25, 0.3) is 120 Å². The van der Waals surface area contributed by atoms with Crippen molar-refractivity contribution < 1.29 is 0 Å². The number of nitrogens with zero attached hydrogens (tertiary/aromatic N) is 2. The predicted octanol–water partition coefficient (Wildman–Crippen LogP) is 14.5. The molecule has 0 saturated heterocycles. The third-order valence-corrected chi connectivity index (χ3v) is 15.7. The van der Waals surface area contributed by atoms with Crippen LogP contribution < -0.4 is 16.4 Å². The number of aromatic nitrogens is 2.